The van der Waals surface area contributed by atoms with Crippen LogP contribution in [0, 0.1) is 41.8 Å². The van der Waals surface area contributed by atoms with Crippen LogP contribution >= 0.6 is 0 Å². The second-order valence-electron chi connectivity index (χ2n) is 9.46. The van der Waals surface area contributed by atoms with E-state index in [1.54, 1.807) is 18.2 Å². The predicted octanol–water partition coefficient (Wildman–Crippen LogP) is 8.92. The number of rotatable bonds is 7. The van der Waals surface area contributed by atoms with Crippen LogP contribution in [0.4, 0.5) is 26.3 Å². The van der Waals surface area contributed by atoms with Crippen LogP contribution in [0.2, 0.25) is 0 Å². The minimum atomic E-state index is -1.01. The summed E-state index contributed by atoms with van der Waals surface area (Å²) >= 11 is 0. The molecule has 1 unspecified atom stereocenters. The predicted molar refractivity (Wildman–Crippen MR) is 130 cm³/mol. The molecule has 0 saturated carbocycles. The first-order valence-corrected chi connectivity index (χ1v) is 12.3. The summed E-state index contributed by atoms with van der Waals surface area (Å²) in [5.41, 5.74) is 1.79. The largest absolute Gasteiger partial charge is 0.203 e. The summed E-state index contributed by atoms with van der Waals surface area (Å²) < 4.78 is 86.8. The van der Waals surface area contributed by atoms with Crippen molar-refractivity contribution < 1.29 is 26.3 Å². The summed E-state index contributed by atoms with van der Waals surface area (Å²) in [5, 5.41) is 0. The summed E-state index contributed by atoms with van der Waals surface area (Å²) in [5.74, 6) is -5.77. The van der Waals surface area contributed by atoms with Gasteiger partial charge in [0.25, 0.3) is 0 Å². The topological polar surface area (TPSA) is 0 Å². The number of allylic oxidation sites excluding steroid dienone is 2. The maximum Gasteiger partial charge on any atom is 0.166 e. The first-order valence-electron chi connectivity index (χ1n) is 12.3. The molecule has 4 rings (SSSR count). The van der Waals surface area contributed by atoms with Crippen molar-refractivity contribution in [2.24, 2.45) is 0 Å². The van der Waals surface area contributed by atoms with Crippen LogP contribution in [0.25, 0.3) is 5.57 Å². The molecule has 0 bridgehead atoms. The summed E-state index contributed by atoms with van der Waals surface area (Å²) in [6, 6.07) is 9.12. The van der Waals surface area contributed by atoms with E-state index in [0.717, 1.165) is 0 Å². The van der Waals surface area contributed by atoms with Crippen molar-refractivity contribution in [3.63, 3.8) is 0 Å². The molecule has 1 aliphatic rings. The van der Waals surface area contributed by atoms with Gasteiger partial charge in [-0.25, -0.2) is 26.3 Å². The van der Waals surface area contributed by atoms with Gasteiger partial charge in [0, 0.05) is 5.56 Å². The van der Waals surface area contributed by atoms with Gasteiger partial charge < -0.3 is 0 Å². The summed E-state index contributed by atoms with van der Waals surface area (Å²) in [7, 11) is 0. The summed E-state index contributed by atoms with van der Waals surface area (Å²) in [6.07, 6.45) is 4.18. The van der Waals surface area contributed by atoms with Gasteiger partial charge in [-0.15, -0.1) is 0 Å². The van der Waals surface area contributed by atoms with E-state index in [9.17, 15) is 26.3 Å². The number of benzene rings is 3. The molecule has 1 aliphatic carbocycles. The SMILES string of the molecule is CCCc1ccc(CCc2ccc(C3=CCC(c4ccc(C)c(F)c4F)CC3)c(F)c2F)c(F)c1F. The van der Waals surface area contributed by atoms with Crippen molar-refractivity contribution >= 4 is 5.57 Å². The maximum absolute atomic E-state index is 15.0. The van der Waals surface area contributed by atoms with E-state index in [0.29, 0.717) is 48.8 Å². The Hall–Kier alpha value is -3.02. The molecular weight excluding hydrogens is 474 g/mol. The third kappa shape index (κ3) is 5.09. The van der Waals surface area contributed by atoms with E-state index >= 15 is 0 Å². The Labute approximate surface area is 207 Å². The van der Waals surface area contributed by atoms with Gasteiger partial charge in [-0.05, 0) is 84.8 Å². The molecule has 3 aromatic carbocycles. The minimum absolute atomic E-state index is 0.0197. The number of aryl methyl sites for hydroxylation is 4. The third-order valence-corrected chi connectivity index (χ3v) is 7.09. The number of hydrogen-bond acceptors (Lipinski definition) is 0. The highest BCUT2D eigenvalue weighted by molar-refractivity contribution is 5.67. The van der Waals surface area contributed by atoms with Crippen LogP contribution < -0.4 is 0 Å². The van der Waals surface area contributed by atoms with E-state index in [2.05, 4.69) is 0 Å². The summed E-state index contributed by atoms with van der Waals surface area (Å²) in [6.45, 7) is 3.37. The van der Waals surface area contributed by atoms with Crippen molar-refractivity contribution in [3.8, 4) is 0 Å². The quantitative estimate of drug-likeness (QED) is 0.283. The third-order valence-electron chi connectivity index (χ3n) is 7.09. The molecule has 6 heteroatoms. The van der Waals surface area contributed by atoms with Crippen molar-refractivity contribution in [2.75, 3.05) is 0 Å². The smallest absolute Gasteiger partial charge is 0.166 e. The molecule has 36 heavy (non-hydrogen) atoms. The van der Waals surface area contributed by atoms with Gasteiger partial charge in [-0.1, -0.05) is 55.8 Å². The van der Waals surface area contributed by atoms with Gasteiger partial charge in [0.2, 0.25) is 0 Å². The zero-order valence-corrected chi connectivity index (χ0v) is 20.3. The van der Waals surface area contributed by atoms with Gasteiger partial charge in [0.1, 0.15) is 0 Å². The van der Waals surface area contributed by atoms with Crippen molar-refractivity contribution in [3.05, 3.63) is 111 Å². The second kappa shape index (κ2) is 10.9. The Morgan fingerprint density at radius 1 is 0.667 bits per heavy atom. The van der Waals surface area contributed by atoms with Crippen LogP contribution in [0.1, 0.15) is 71.9 Å². The molecule has 0 aliphatic heterocycles. The lowest BCUT2D eigenvalue weighted by Crippen LogP contribution is -2.09. The molecule has 1 atom stereocenters. The Morgan fingerprint density at radius 3 is 1.83 bits per heavy atom. The minimum Gasteiger partial charge on any atom is -0.203 e. The van der Waals surface area contributed by atoms with Crippen molar-refractivity contribution in [2.45, 2.75) is 64.7 Å². The Balaban J connectivity index is 1.48. The molecule has 190 valence electrons. The van der Waals surface area contributed by atoms with Gasteiger partial charge in [0.05, 0.1) is 0 Å². The Bertz CT molecular complexity index is 1310. The molecule has 0 heterocycles. The zero-order chi connectivity index (χ0) is 26.0. The van der Waals surface area contributed by atoms with Gasteiger partial charge in [-0.3, -0.25) is 0 Å². The lowest BCUT2D eigenvalue weighted by atomic mass is 9.82. The fourth-order valence-corrected chi connectivity index (χ4v) is 4.92. The van der Waals surface area contributed by atoms with E-state index < -0.39 is 34.9 Å². The van der Waals surface area contributed by atoms with Gasteiger partial charge >= 0.3 is 0 Å². The average molecular weight is 503 g/mol. The monoisotopic (exact) mass is 502 g/mol. The van der Waals surface area contributed by atoms with E-state index in [1.165, 1.54) is 31.2 Å². The first-order chi connectivity index (χ1) is 17.2. The maximum atomic E-state index is 15.0. The number of hydrogen-bond donors (Lipinski definition) is 0. The van der Waals surface area contributed by atoms with Crippen molar-refractivity contribution in [1.29, 1.82) is 0 Å². The van der Waals surface area contributed by atoms with Crippen LogP contribution in [0.15, 0.2) is 42.5 Å². The van der Waals surface area contributed by atoms with Crippen LogP contribution in [0.3, 0.4) is 0 Å². The molecule has 0 N–H and O–H groups in total. The lowest BCUT2D eigenvalue weighted by Gasteiger charge is -2.24. The molecule has 3 aromatic rings. The fourth-order valence-electron chi connectivity index (χ4n) is 4.92. The van der Waals surface area contributed by atoms with Crippen LogP contribution in [-0.2, 0) is 19.3 Å². The molecule has 0 nitrogen and oxygen atoms in total. The first kappa shape index (κ1) is 26.1. The van der Waals surface area contributed by atoms with E-state index in [4.69, 9.17) is 0 Å². The fraction of sp³-hybridized carbons (Fsp3) is 0.333. The Kier molecular flexibility index (Phi) is 7.91. The van der Waals surface area contributed by atoms with Gasteiger partial charge in [0.15, 0.2) is 34.9 Å². The number of halogens is 6. The standard InChI is InChI=1S/C30H28F6/c1-3-4-20-10-11-21(27(33)26(20)32)12-13-22-14-16-24(30(36)28(22)34)19-8-6-18(7-9-19)23-15-5-17(2)25(31)29(23)35/h5,8,10-11,14-16,18H,3-4,6-7,9,12-13H2,1-2H3. The molecule has 0 spiro atoms. The highest BCUT2D eigenvalue weighted by Crippen LogP contribution is 2.39. The average Bonchev–Trinajstić information content (AvgIpc) is 2.88. The van der Waals surface area contributed by atoms with Crippen LogP contribution in [-0.4, -0.2) is 0 Å². The molecule has 0 radical (unpaired) electrons. The van der Waals surface area contributed by atoms with Crippen molar-refractivity contribution in [1.82, 2.24) is 0 Å². The van der Waals surface area contributed by atoms with E-state index in [-0.39, 0.29) is 41.0 Å². The molecule has 0 fully saturated rings. The normalized spacial score (nSPS) is 15.8. The molecule has 0 amide bonds. The lowest BCUT2D eigenvalue weighted by molar-refractivity contribution is 0.474. The second-order valence-corrected chi connectivity index (χ2v) is 9.46. The van der Waals surface area contributed by atoms with Crippen LogP contribution in [0.5, 0.6) is 0 Å². The molecular formula is C30H28F6. The van der Waals surface area contributed by atoms with Gasteiger partial charge in [-0.2, -0.15) is 0 Å². The van der Waals surface area contributed by atoms with E-state index in [1.807, 2.05) is 6.92 Å². The molecule has 0 saturated heterocycles. The highest BCUT2D eigenvalue weighted by atomic mass is 19.2. The highest BCUT2D eigenvalue weighted by Gasteiger charge is 2.25. The molecule has 0 aromatic heterocycles. The Morgan fingerprint density at radius 2 is 1.25 bits per heavy atom. The summed E-state index contributed by atoms with van der Waals surface area (Å²) in [4.78, 5) is 0. The zero-order valence-electron chi connectivity index (χ0n) is 20.3.